The molecule has 0 amide bonds. The van der Waals surface area contributed by atoms with E-state index in [1.54, 1.807) is 14.2 Å². The summed E-state index contributed by atoms with van der Waals surface area (Å²) in [5.74, 6) is 6.83. The number of ether oxygens (including phenoxy) is 2. The van der Waals surface area contributed by atoms with E-state index in [0.29, 0.717) is 0 Å². The number of nitrogens with one attached hydrogen (secondary N) is 1. The molecule has 84 valence electrons. The summed E-state index contributed by atoms with van der Waals surface area (Å²) >= 11 is 0. The van der Waals surface area contributed by atoms with Gasteiger partial charge < -0.3 is 9.47 Å². The fraction of sp³-hybridized carbons (Fsp3) is 0.455. The van der Waals surface area contributed by atoms with Crippen molar-refractivity contribution >= 4 is 0 Å². The molecule has 0 saturated carbocycles. The Labute approximate surface area is 90.3 Å². The number of methoxy groups -OCH3 is 2. The highest BCUT2D eigenvalue weighted by molar-refractivity contribution is 5.43. The van der Waals surface area contributed by atoms with Gasteiger partial charge in [-0.15, -0.1) is 0 Å². The summed E-state index contributed by atoms with van der Waals surface area (Å²) in [7, 11) is 3.26. The summed E-state index contributed by atoms with van der Waals surface area (Å²) < 4.78 is 10.4. The van der Waals surface area contributed by atoms with Crippen LogP contribution in [0.15, 0.2) is 18.2 Å². The van der Waals surface area contributed by atoms with Gasteiger partial charge in [-0.25, -0.2) is 0 Å². The average molecular weight is 210 g/mol. The largest absolute Gasteiger partial charge is 0.493 e. The SMILES string of the molecule is COc1ccc(CC(C)NN)cc1OC. The van der Waals surface area contributed by atoms with Crippen molar-refractivity contribution in [2.24, 2.45) is 5.84 Å². The van der Waals surface area contributed by atoms with Crippen LogP contribution < -0.4 is 20.7 Å². The van der Waals surface area contributed by atoms with Crippen LogP contribution in [0.25, 0.3) is 0 Å². The molecule has 0 aliphatic carbocycles. The van der Waals surface area contributed by atoms with Gasteiger partial charge in [0.15, 0.2) is 11.5 Å². The maximum Gasteiger partial charge on any atom is 0.160 e. The van der Waals surface area contributed by atoms with Gasteiger partial charge >= 0.3 is 0 Å². The van der Waals surface area contributed by atoms with Gasteiger partial charge in [-0.05, 0) is 31.0 Å². The molecule has 0 aliphatic rings. The minimum Gasteiger partial charge on any atom is -0.493 e. The average Bonchev–Trinajstić information content (AvgIpc) is 2.28. The molecule has 1 aromatic carbocycles. The number of hydrogen-bond donors (Lipinski definition) is 2. The predicted molar refractivity (Wildman–Crippen MR) is 60.0 cm³/mol. The molecule has 1 rings (SSSR count). The zero-order chi connectivity index (χ0) is 11.3. The van der Waals surface area contributed by atoms with Crippen LogP contribution in [-0.4, -0.2) is 20.3 Å². The highest BCUT2D eigenvalue weighted by Crippen LogP contribution is 2.27. The number of hydrogen-bond acceptors (Lipinski definition) is 4. The van der Waals surface area contributed by atoms with Crippen molar-refractivity contribution in [3.05, 3.63) is 23.8 Å². The summed E-state index contributed by atoms with van der Waals surface area (Å²) in [6.45, 7) is 2.02. The van der Waals surface area contributed by atoms with E-state index in [1.165, 1.54) is 0 Å². The van der Waals surface area contributed by atoms with Crippen molar-refractivity contribution in [1.82, 2.24) is 5.43 Å². The lowest BCUT2D eigenvalue weighted by Gasteiger charge is -2.12. The van der Waals surface area contributed by atoms with Crippen molar-refractivity contribution in [1.29, 1.82) is 0 Å². The minimum atomic E-state index is 0.239. The van der Waals surface area contributed by atoms with Gasteiger partial charge in [-0.3, -0.25) is 11.3 Å². The van der Waals surface area contributed by atoms with E-state index < -0.39 is 0 Å². The first kappa shape index (κ1) is 11.8. The second-order valence-electron chi connectivity index (χ2n) is 3.46. The molecular formula is C11H18N2O2. The first-order chi connectivity index (χ1) is 7.21. The summed E-state index contributed by atoms with van der Waals surface area (Å²) in [5.41, 5.74) is 3.87. The van der Waals surface area contributed by atoms with Crippen LogP contribution in [0.3, 0.4) is 0 Å². The molecular weight excluding hydrogens is 192 g/mol. The lowest BCUT2D eigenvalue weighted by Crippen LogP contribution is -2.34. The molecule has 4 nitrogen and oxygen atoms in total. The molecule has 0 saturated heterocycles. The van der Waals surface area contributed by atoms with Crippen LogP contribution in [0.2, 0.25) is 0 Å². The van der Waals surface area contributed by atoms with Gasteiger partial charge in [0, 0.05) is 6.04 Å². The number of benzene rings is 1. The topological polar surface area (TPSA) is 56.5 Å². The van der Waals surface area contributed by atoms with E-state index in [2.05, 4.69) is 5.43 Å². The van der Waals surface area contributed by atoms with Crippen LogP contribution in [0.4, 0.5) is 0 Å². The van der Waals surface area contributed by atoms with E-state index >= 15 is 0 Å². The highest BCUT2D eigenvalue weighted by Gasteiger charge is 2.06. The van der Waals surface area contributed by atoms with E-state index in [1.807, 2.05) is 25.1 Å². The Bertz CT molecular complexity index is 315. The van der Waals surface area contributed by atoms with Gasteiger partial charge in [0.2, 0.25) is 0 Å². The molecule has 1 atom stereocenters. The number of nitrogens with two attached hydrogens (primary N) is 1. The molecule has 0 heterocycles. The Balaban J connectivity index is 2.83. The molecule has 0 spiro atoms. The van der Waals surface area contributed by atoms with Gasteiger partial charge in [-0.1, -0.05) is 6.07 Å². The smallest absolute Gasteiger partial charge is 0.160 e. The molecule has 0 fully saturated rings. The Kier molecular flexibility index (Phi) is 4.39. The van der Waals surface area contributed by atoms with Crippen molar-refractivity contribution in [2.45, 2.75) is 19.4 Å². The van der Waals surface area contributed by atoms with E-state index in [-0.39, 0.29) is 6.04 Å². The molecule has 3 N–H and O–H groups in total. The lowest BCUT2D eigenvalue weighted by molar-refractivity contribution is 0.354. The van der Waals surface area contributed by atoms with E-state index in [0.717, 1.165) is 23.5 Å². The molecule has 0 bridgehead atoms. The Hall–Kier alpha value is -1.26. The maximum atomic E-state index is 5.34. The Morgan fingerprint density at radius 3 is 2.47 bits per heavy atom. The molecule has 1 unspecified atom stereocenters. The fourth-order valence-corrected chi connectivity index (χ4v) is 1.42. The predicted octanol–water partition coefficient (Wildman–Crippen LogP) is 1.10. The molecule has 15 heavy (non-hydrogen) atoms. The van der Waals surface area contributed by atoms with Crippen molar-refractivity contribution in [3.63, 3.8) is 0 Å². The number of rotatable bonds is 5. The van der Waals surface area contributed by atoms with Gasteiger partial charge in [0.05, 0.1) is 14.2 Å². The second-order valence-corrected chi connectivity index (χ2v) is 3.46. The molecule has 0 radical (unpaired) electrons. The third kappa shape index (κ3) is 3.11. The first-order valence-corrected chi connectivity index (χ1v) is 4.88. The third-order valence-electron chi connectivity index (χ3n) is 2.27. The van der Waals surface area contributed by atoms with Crippen LogP contribution in [0.1, 0.15) is 12.5 Å². The van der Waals surface area contributed by atoms with Crippen LogP contribution in [-0.2, 0) is 6.42 Å². The standard InChI is InChI=1S/C11H18N2O2/c1-8(13-12)6-9-4-5-10(14-2)11(7-9)15-3/h4-5,7-8,13H,6,12H2,1-3H3. The first-order valence-electron chi connectivity index (χ1n) is 4.88. The molecule has 4 heteroatoms. The van der Waals surface area contributed by atoms with Crippen molar-refractivity contribution in [3.8, 4) is 11.5 Å². The summed E-state index contributed by atoms with van der Waals surface area (Å²) in [5, 5.41) is 0. The van der Waals surface area contributed by atoms with E-state index in [4.69, 9.17) is 15.3 Å². The van der Waals surface area contributed by atoms with Crippen LogP contribution in [0.5, 0.6) is 11.5 Å². The zero-order valence-electron chi connectivity index (χ0n) is 9.41. The molecule has 1 aromatic rings. The maximum absolute atomic E-state index is 5.34. The minimum absolute atomic E-state index is 0.239. The van der Waals surface area contributed by atoms with E-state index in [9.17, 15) is 0 Å². The summed E-state index contributed by atoms with van der Waals surface area (Å²) in [4.78, 5) is 0. The van der Waals surface area contributed by atoms with Gasteiger partial charge in [0.1, 0.15) is 0 Å². The van der Waals surface area contributed by atoms with Crippen molar-refractivity contribution in [2.75, 3.05) is 14.2 Å². The third-order valence-corrected chi connectivity index (χ3v) is 2.27. The van der Waals surface area contributed by atoms with Crippen LogP contribution in [0, 0.1) is 0 Å². The zero-order valence-corrected chi connectivity index (χ0v) is 9.41. The number of hydrazine groups is 1. The van der Waals surface area contributed by atoms with Gasteiger partial charge in [0.25, 0.3) is 0 Å². The highest BCUT2D eigenvalue weighted by atomic mass is 16.5. The Morgan fingerprint density at radius 1 is 1.27 bits per heavy atom. The normalized spacial score (nSPS) is 12.3. The fourth-order valence-electron chi connectivity index (χ4n) is 1.42. The Morgan fingerprint density at radius 2 is 1.93 bits per heavy atom. The lowest BCUT2D eigenvalue weighted by atomic mass is 10.1. The monoisotopic (exact) mass is 210 g/mol. The van der Waals surface area contributed by atoms with Crippen molar-refractivity contribution < 1.29 is 9.47 Å². The van der Waals surface area contributed by atoms with Crippen LogP contribution >= 0.6 is 0 Å². The summed E-state index contributed by atoms with van der Waals surface area (Å²) in [6.07, 6.45) is 0.858. The molecule has 0 aromatic heterocycles. The second kappa shape index (κ2) is 5.58. The quantitative estimate of drug-likeness (QED) is 0.564. The molecule has 0 aliphatic heterocycles. The van der Waals surface area contributed by atoms with Gasteiger partial charge in [-0.2, -0.15) is 0 Å². The summed E-state index contributed by atoms with van der Waals surface area (Å²) in [6, 6.07) is 6.11.